The molecule has 0 spiro atoms. The molecular formula is C19H20FN3O3. The molecule has 0 unspecified atom stereocenters. The predicted molar refractivity (Wildman–Crippen MR) is 95.2 cm³/mol. The van der Waals surface area contributed by atoms with Crippen LogP contribution in [0.2, 0.25) is 0 Å². The number of nitrogens with two attached hydrogens (primary N) is 1. The number of carbonyl (C=O) groups is 1. The minimum Gasteiger partial charge on any atom is -0.477 e. The minimum absolute atomic E-state index is 0.0452. The lowest BCUT2D eigenvalue weighted by Gasteiger charge is -2.32. The van der Waals surface area contributed by atoms with Crippen LogP contribution in [0.1, 0.15) is 35.7 Å². The summed E-state index contributed by atoms with van der Waals surface area (Å²) >= 11 is 0. The van der Waals surface area contributed by atoms with Gasteiger partial charge in [-0.15, -0.1) is 0 Å². The summed E-state index contributed by atoms with van der Waals surface area (Å²) in [5, 5.41) is 9.44. The van der Waals surface area contributed by atoms with Gasteiger partial charge in [0.25, 0.3) is 0 Å². The molecule has 2 aromatic rings. The van der Waals surface area contributed by atoms with E-state index < -0.39 is 17.2 Å². The standard InChI is InChI=1S/C19H20FN3O3/c20-14-4-12-16(5-17(14)22-6-9-3-11(9)15(21)8-22)23(10-1-2-10)7-13(18(12)24)19(25)26/h4-5,7,9-11,15H,1-3,6,8,21H2,(H,25,26)/t9-,11-,15+/m1/s1. The predicted octanol–water partition coefficient (Wildman–Crippen LogP) is 1.96. The molecule has 3 atom stereocenters. The SMILES string of the molecule is N[C@H]1CN(c2cc3c(cc2F)c(=O)c(C(=O)O)cn3C2CC2)C[C@H]2C[C@H]21. The van der Waals surface area contributed by atoms with E-state index >= 15 is 0 Å². The molecule has 3 fully saturated rings. The van der Waals surface area contributed by atoms with Crippen LogP contribution < -0.4 is 16.1 Å². The molecule has 2 heterocycles. The molecule has 6 nitrogen and oxygen atoms in total. The maximum absolute atomic E-state index is 14.9. The number of aromatic carboxylic acids is 1. The summed E-state index contributed by atoms with van der Waals surface area (Å²) in [6.45, 7) is 1.38. The van der Waals surface area contributed by atoms with E-state index in [9.17, 15) is 19.1 Å². The number of hydrogen-bond donors (Lipinski definition) is 2. The molecule has 5 rings (SSSR count). The third-order valence-corrected chi connectivity index (χ3v) is 6.03. The highest BCUT2D eigenvalue weighted by atomic mass is 19.1. The lowest BCUT2D eigenvalue weighted by atomic mass is 10.0. The quantitative estimate of drug-likeness (QED) is 0.877. The molecule has 0 bridgehead atoms. The number of benzene rings is 1. The van der Waals surface area contributed by atoms with Gasteiger partial charge < -0.3 is 20.3 Å². The summed E-state index contributed by atoms with van der Waals surface area (Å²) in [6.07, 6.45) is 4.37. The number of fused-ring (bicyclic) bond motifs is 2. The molecule has 1 aliphatic heterocycles. The van der Waals surface area contributed by atoms with E-state index in [4.69, 9.17) is 5.73 Å². The van der Waals surface area contributed by atoms with Crippen molar-refractivity contribution in [2.24, 2.45) is 17.6 Å². The summed E-state index contributed by atoms with van der Waals surface area (Å²) in [5.41, 5.74) is 6.31. The molecule has 7 heteroatoms. The van der Waals surface area contributed by atoms with Gasteiger partial charge in [0.2, 0.25) is 5.43 Å². The normalized spacial score (nSPS) is 27.5. The Hall–Kier alpha value is -2.41. The number of carboxylic acid groups (broad SMARTS) is 1. The van der Waals surface area contributed by atoms with Gasteiger partial charge in [0.05, 0.1) is 11.2 Å². The first kappa shape index (κ1) is 15.8. The topological polar surface area (TPSA) is 88.6 Å². The Morgan fingerprint density at radius 3 is 2.69 bits per heavy atom. The van der Waals surface area contributed by atoms with Crippen molar-refractivity contribution in [3.05, 3.63) is 39.9 Å². The second-order valence-corrected chi connectivity index (χ2v) is 7.86. The first-order valence-electron chi connectivity index (χ1n) is 9.06. The third-order valence-electron chi connectivity index (χ3n) is 6.03. The van der Waals surface area contributed by atoms with Crippen LogP contribution in [-0.4, -0.2) is 34.8 Å². The fourth-order valence-corrected chi connectivity index (χ4v) is 4.36. The average molecular weight is 357 g/mol. The van der Waals surface area contributed by atoms with Crippen molar-refractivity contribution in [2.75, 3.05) is 18.0 Å². The highest BCUT2D eigenvalue weighted by molar-refractivity contribution is 5.93. The van der Waals surface area contributed by atoms with Crippen LogP contribution in [0.3, 0.4) is 0 Å². The zero-order chi connectivity index (χ0) is 18.2. The Balaban J connectivity index is 1.68. The van der Waals surface area contributed by atoms with Crippen LogP contribution in [0.4, 0.5) is 10.1 Å². The van der Waals surface area contributed by atoms with Crippen LogP contribution in [-0.2, 0) is 0 Å². The van der Waals surface area contributed by atoms with Crippen LogP contribution in [0.25, 0.3) is 10.9 Å². The molecule has 0 radical (unpaired) electrons. The Morgan fingerprint density at radius 2 is 2.04 bits per heavy atom. The van der Waals surface area contributed by atoms with E-state index in [1.165, 1.54) is 12.3 Å². The van der Waals surface area contributed by atoms with E-state index in [0.29, 0.717) is 29.6 Å². The second kappa shape index (κ2) is 5.30. The second-order valence-electron chi connectivity index (χ2n) is 7.86. The van der Waals surface area contributed by atoms with Crippen LogP contribution in [0, 0.1) is 17.7 Å². The molecule has 0 amide bonds. The highest BCUT2D eigenvalue weighted by Crippen LogP contribution is 2.46. The van der Waals surface area contributed by atoms with E-state index in [1.807, 2.05) is 9.47 Å². The molecule has 3 N–H and O–H groups in total. The largest absolute Gasteiger partial charge is 0.477 e. The number of carboxylic acids is 1. The molecule has 1 aromatic heterocycles. The van der Waals surface area contributed by atoms with E-state index in [-0.39, 0.29) is 23.0 Å². The molecule has 2 saturated carbocycles. The van der Waals surface area contributed by atoms with Gasteiger partial charge in [-0.2, -0.15) is 0 Å². The first-order chi connectivity index (χ1) is 12.4. The van der Waals surface area contributed by atoms with Gasteiger partial charge in [-0.25, -0.2) is 9.18 Å². The highest BCUT2D eigenvalue weighted by Gasteiger charge is 2.46. The third kappa shape index (κ3) is 2.34. The smallest absolute Gasteiger partial charge is 0.341 e. The van der Waals surface area contributed by atoms with Crippen LogP contribution in [0.5, 0.6) is 0 Å². The molecule has 136 valence electrons. The maximum Gasteiger partial charge on any atom is 0.341 e. The molecular weight excluding hydrogens is 337 g/mol. The maximum atomic E-state index is 14.9. The minimum atomic E-state index is -1.28. The van der Waals surface area contributed by atoms with Gasteiger partial charge in [-0.05, 0) is 43.2 Å². The van der Waals surface area contributed by atoms with Crippen molar-refractivity contribution in [2.45, 2.75) is 31.3 Å². The number of hydrogen-bond acceptors (Lipinski definition) is 4. The van der Waals surface area contributed by atoms with E-state index in [2.05, 4.69) is 0 Å². The summed E-state index contributed by atoms with van der Waals surface area (Å²) in [7, 11) is 0. The van der Waals surface area contributed by atoms with Crippen molar-refractivity contribution in [1.29, 1.82) is 0 Å². The van der Waals surface area contributed by atoms with Gasteiger partial charge in [0.1, 0.15) is 11.4 Å². The van der Waals surface area contributed by atoms with Crippen molar-refractivity contribution >= 4 is 22.6 Å². The van der Waals surface area contributed by atoms with Crippen LogP contribution >= 0.6 is 0 Å². The van der Waals surface area contributed by atoms with Crippen molar-refractivity contribution in [3.63, 3.8) is 0 Å². The van der Waals surface area contributed by atoms with Crippen LogP contribution in [0.15, 0.2) is 23.1 Å². The molecule has 3 aliphatic rings. The van der Waals surface area contributed by atoms with Gasteiger partial charge in [0, 0.05) is 36.8 Å². The fourth-order valence-electron chi connectivity index (χ4n) is 4.36. The number of rotatable bonds is 3. The molecule has 2 aliphatic carbocycles. The summed E-state index contributed by atoms with van der Waals surface area (Å²) < 4.78 is 16.7. The van der Waals surface area contributed by atoms with Gasteiger partial charge in [-0.1, -0.05) is 0 Å². The first-order valence-corrected chi connectivity index (χ1v) is 9.06. The fraction of sp³-hybridized carbons (Fsp3) is 0.474. The van der Waals surface area contributed by atoms with Crippen molar-refractivity contribution in [1.82, 2.24) is 4.57 Å². The summed E-state index contributed by atoms with van der Waals surface area (Å²) in [4.78, 5) is 25.9. The van der Waals surface area contributed by atoms with Gasteiger partial charge in [0.15, 0.2) is 0 Å². The van der Waals surface area contributed by atoms with Gasteiger partial charge >= 0.3 is 5.97 Å². The van der Waals surface area contributed by atoms with Crippen molar-refractivity contribution in [3.8, 4) is 0 Å². The number of nitrogens with zero attached hydrogens (tertiary/aromatic N) is 2. The van der Waals surface area contributed by atoms with Gasteiger partial charge in [-0.3, -0.25) is 4.79 Å². The average Bonchev–Trinajstić information content (AvgIpc) is 3.48. The number of pyridine rings is 1. The molecule has 1 aromatic carbocycles. The number of aromatic nitrogens is 1. The Morgan fingerprint density at radius 1 is 1.27 bits per heavy atom. The van der Waals surface area contributed by atoms with E-state index in [1.54, 1.807) is 6.07 Å². The Kier molecular flexibility index (Phi) is 3.22. The summed E-state index contributed by atoms with van der Waals surface area (Å²) in [6, 6.07) is 3.11. The molecule has 26 heavy (non-hydrogen) atoms. The lowest BCUT2D eigenvalue weighted by molar-refractivity contribution is 0.0695. The monoisotopic (exact) mass is 357 g/mol. The van der Waals surface area contributed by atoms with Crippen molar-refractivity contribution < 1.29 is 14.3 Å². The Labute approximate surface area is 149 Å². The Bertz CT molecular complexity index is 998. The number of anilines is 1. The zero-order valence-electron chi connectivity index (χ0n) is 14.2. The molecule has 1 saturated heterocycles. The lowest BCUT2D eigenvalue weighted by Crippen LogP contribution is -2.45. The van der Waals surface area contributed by atoms with E-state index in [0.717, 1.165) is 25.8 Å². The summed E-state index contributed by atoms with van der Waals surface area (Å²) in [5.74, 6) is -0.699. The zero-order valence-corrected chi connectivity index (χ0v) is 14.2. The number of halogens is 1. The number of piperidine rings is 1.